The van der Waals surface area contributed by atoms with Crippen molar-refractivity contribution in [2.75, 3.05) is 6.54 Å². The molecule has 0 aliphatic carbocycles. The Bertz CT molecular complexity index is 289. The lowest BCUT2D eigenvalue weighted by Crippen LogP contribution is -2.34. The molecule has 1 heteroatoms. The second-order valence-electron chi connectivity index (χ2n) is 4.49. The molecule has 0 bridgehead atoms. The van der Waals surface area contributed by atoms with Gasteiger partial charge in [-0.25, -0.2) is 0 Å². The van der Waals surface area contributed by atoms with E-state index in [1.54, 1.807) is 0 Å². The number of aryl methyl sites for hydroxylation is 1. The van der Waals surface area contributed by atoms with Gasteiger partial charge in [-0.05, 0) is 44.7 Å². The average Bonchev–Trinajstić information content (AvgIpc) is 2.19. The van der Waals surface area contributed by atoms with Crippen molar-refractivity contribution in [3.63, 3.8) is 0 Å². The highest BCUT2D eigenvalue weighted by Crippen LogP contribution is 2.27. The molecule has 0 saturated carbocycles. The molecule has 14 heavy (non-hydrogen) atoms. The first-order chi connectivity index (χ1) is 6.75. The van der Waals surface area contributed by atoms with Crippen LogP contribution < -0.4 is 5.32 Å². The molecule has 0 radical (unpaired) electrons. The van der Waals surface area contributed by atoms with Crippen LogP contribution in [-0.4, -0.2) is 12.6 Å². The highest BCUT2D eigenvalue weighted by molar-refractivity contribution is 5.25. The summed E-state index contributed by atoms with van der Waals surface area (Å²) in [6, 6.07) is 9.70. The van der Waals surface area contributed by atoms with Crippen molar-refractivity contribution in [2.45, 2.75) is 38.6 Å². The van der Waals surface area contributed by atoms with Gasteiger partial charge in [0.05, 0.1) is 0 Å². The normalized spacial score (nSPS) is 27.6. The summed E-state index contributed by atoms with van der Waals surface area (Å²) in [4.78, 5) is 0. The Hall–Kier alpha value is -0.820. The Kier molecular flexibility index (Phi) is 2.87. The number of nitrogens with one attached hydrogen (secondary N) is 1. The molecular weight excluding hydrogens is 170 g/mol. The van der Waals surface area contributed by atoms with Gasteiger partial charge in [0, 0.05) is 6.04 Å². The minimum absolute atomic E-state index is 0.676. The molecule has 76 valence electrons. The van der Waals surface area contributed by atoms with E-state index in [4.69, 9.17) is 0 Å². The van der Waals surface area contributed by atoms with Crippen LogP contribution in [0, 0.1) is 6.92 Å². The molecule has 1 aromatic rings. The Morgan fingerprint density at radius 1 is 1.21 bits per heavy atom. The molecule has 0 unspecified atom stereocenters. The van der Waals surface area contributed by atoms with E-state index in [0.29, 0.717) is 6.04 Å². The molecule has 0 spiro atoms. The maximum Gasteiger partial charge on any atom is 0.00445 e. The van der Waals surface area contributed by atoms with Crippen molar-refractivity contribution < 1.29 is 0 Å². The van der Waals surface area contributed by atoms with Crippen LogP contribution in [-0.2, 0) is 0 Å². The summed E-state index contributed by atoms with van der Waals surface area (Å²) in [5, 5.41) is 3.49. The third-order valence-corrected chi connectivity index (χ3v) is 3.17. The number of benzene rings is 1. The van der Waals surface area contributed by atoms with Gasteiger partial charge in [-0.2, -0.15) is 0 Å². The summed E-state index contributed by atoms with van der Waals surface area (Å²) >= 11 is 0. The quantitative estimate of drug-likeness (QED) is 0.716. The van der Waals surface area contributed by atoms with Crippen molar-refractivity contribution >= 4 is 0 Å². The van der Waals surface area contributed by atoms with E-state index in [-0.39, 0.29) is 0 Å². The van der Waals surface area contributed by atoms with Crippen LogP contribution in [0.4, 0.5) is 0 Å². The zero-order chi connectivity index (χ0) is 9.97. The number of hydrogen-bond donors (Lipinski definition) is 1. The number of hydrogen-bond acceptors (Lipinski definition) is 1. The van der Waals surface area contributed by atoms with Gasteiger partial charge >= 0.3 is 0 Å². The summed E-state index contributed by atoms with van der Waals surface area (Å²) in [6.45, 7) is 5.59. The Labute approximate surface area is 86.5 Å². The molecule has 0 aromatic heterocycles. The molecule has 1 heterocycles. The molecule has 1 aliphatic rings. The molecule has 2 rings (SSSR count). The maximum atomic E-state index is 3.49. The molecule has 1 N–H and O–H groups in total. The molecular formula is C13H19N. The smallest absolute Gasteiger partial charge is 0.00445 e. The second-order valence-corrected chi connectivity index (χ2v) is 4.49. The predicted molar refractivity (Wildman–Crippen MR) is 60.6 cm³/mol. The van der Waals surface area contributed by atoms with E-state index >= 15 is 0 Å². The molecule has 1 fully saturated rings. The fourth-order valence-electron chi connectivity index (χ4n) is 2.27. The molecule has 1 nitrogen and oxygen atoms in total. The Morgan fingerprint density at radius 3 is 2.57 bits per heavy atom. The van der Waals surface area contributed by atoms with Crippen molar-refractivity contribution in [2.24, 2.45) is 0 Å². The summed E-state index contributed by atoms with van der Waals surface area (Å²) in [5.74, 6) is 0.770. The third-order valence-electron chi connectivity index (χ3n) is 3.17. The minimum Gasteiger partial charge on any atom is -0.314 e. The van der Waals surface area contributed by atoms with Crippen LogP contribution in [0.15, 0.2) is 24.3 Å². The highest BCUT2D eigenvalue weighted by Gasteiger charge is 2.19. The molecule has 0 amide bonds. The lowest BCUT2D eigenvalue weighted by atomic mass is 9.87. The van der Waals surface area contributed by atoms with Gasteiger partial charge in [0.25, 0.3) is 0 Å². The van der Waals surface area contributed by atoms with E-state index in [1.807, 2.05) is 0 Å². The topological polar surface area (TPSA) is 12.0 Å². The van der Waals surface area contributed by atoms with Gasteiger partial charge in [0.1, 0.15) is 0 Å². The first-order valence-electron chi connectivity index (χ1n) is 5.55. The largest absolute Gasteiger partial charge is 0.314 e. The summed E-state index contributed by atoms with van der Waals surface area (Å²) in [5.41, 5.74) is 2.87. The standard InChI is InChI=1S/C13H19N/c1-10-3-5-12(6-4-10)13-7-8-14-11(2)9-13/h3-6,11,13-14H,7-9H2,1-2H3/t11-,13+/m1/s1. The molecule has 1 saturated heterocycles. The van der Waals surface area contributed by atoms with Crippen molar-refractivity contribution in [1.82, 2.24) is 5.32 Å². The van der Waals surface area contributed by atoms with Crippen LogP contribution in [0.2, 0.25) is 0 Å². The van der Waals surface area contributed by atoms with E-state index in [1.165, 1.54) is 30.5 Å². The Morgan fingerprint density at radius 2 is 1.93 bits per heavy atom. The van der Waals surface area contributed by atoms with E-state index in [0.717, 1.165) is 5.92 Å². The van der Waals surface area contributed by atoms with Gasteiger partial charge in [-0.1, -0.05) is 29.8 Å². The van der Waals surface area contributed by atoms with Crippen molar-refractivity contribution in [3.8, 4) is 0 Å². The average molecular weight is 189 g/mol. The minimum atomic E-state index is 0.676. The van der Waals surface area contributed by atoms with Crippen LogP contribution in [0.3, 0.4) is 0 Å². The van der Waals surface area contributed by atoms with Gasteiger partial charge < -0.3 is 5.32 Å². The molecule has 1 aromatic carbocycles. The van der Waals surface area contributed by atoms with Crippen LogP contribution >= 0.6 is 0 Å². The zero-order valence-electron chi connectivity index (χ0n) is 9.09. The second kappa shape index (κ2) is 4.14. The molecule has 1 aliphatic heterocycles. The summed E-state index contributed by atoms with van der Waals surface area (Å²) in [7, 11) is 0. The SMILES string of the molecule is Cc1ccc([C@H]2CCN[C@H](C)C2)cc1. The zero-order valence-corrected chi connectivity index (χ0v) is 9.09. The first kappa shape index (κ1) is 9.72. The summed E-state index contributed by atoms with van der Waals surface area (Å²) < 4.78 is 0. The van der Waals surface area contributed by atoms with E-state index in [2.05, 4.69) is 43.4 Å². The lowest BCUT2D eigenvalue weighted by Gasteiger charge is -2.28. The van der Waals surface area contributed by atoms with E-state index in [9.17, 15) is 0 Å². The van der Waals surface area contributed by atoms with Crippen LogP contribution in [0.5, 0.6) is 0 Å². The monoisotopic (exact) mass is 189 g/mol. The Balaban J connectivity index is 2.10. The lowest BCUT2D eigenvalue weighted by molar-refractivity contribution is 0.381. The molecule has 2 atom stereocenters. The highest BCUT2D eigenvalue weighted by atomic mass is 14.9. The fourth-order valence-corrected chi connectivity index (χ4v) is 2.27. The first-order valence-corrected chi connectivity index (χ1v) is 5.55. The van der Waals surface area contributed by atoms with Gasteiger partial charge in [-0.3, -0.25) is 0 Å². The van der Waals surface area contributed by atoms with Gasteiger partial charge in [0.15, 0.2) is 0 Å². The van der Waals surface area contributed by atoms with Gasteiger partial charge in [-0.15, -0.1) is 0 Å². The predicted octanol–water partition coefficient (Wildman–Crippen LogP) is 2.85. The van der Waals surface area contributed by atoms with Crippen LogP contribution in [0.1, 0.15) is 36.8 Å². The summed E-state index contributed by atoms with van der Waals surface area (Å²) in [6.07, 6.45) is 2.57. The van der Waals surface area contributed by atoms with Crippen LogP contribution in [0.25, 0.3) is 0 Å². The maximum absolute atomic E-state index is 3.49. The van der Waals surface area contributed by atoms with Crippen molar-refractivity contribution in [3.05, 3.63) is 35.4 Å². The number of rotatable bonds is 1. The number of piperidine rings is 1. The third kappa shape index (κ3) is 2.16. The van der Waals surface area contributed by atoms with Crippen molar-refractivity contribution in [1.29, 1.82) is 0 Å². The van der Waals surface area contributed by atoms with Gasteiger partial charge in [0.2, 0.25) is 0 Å². The fraction of sp³-hybridized carbons (Fsp3) is 0.538. The van der Waals surface area contributed by atoms with E-state index < -0.39 is 0 Å².